The van der Waals surface area contributed by atoms with Crippen molar-refractivity contribution < 1.29 is 9.90 Å². The van der Waals surface area contributed by atoms with Crippen molar-refractivity contribution in [1.82, 2.24) is 4.98 Å². The maximum Gasteiger partial charge on any atom is 0.229 e. The summed E-state index contributed by atoms with van der Waals surface area (Å²) < 4.78 is 0. The number of aromatic nitrogens is 1. The Morgan fingerprint density at radius 3 is 3.00 bits per heavy atom. The second kappa shape index (κ2) is 3.35. The lowest BCUT2D eigenvalue weighted by Crippen LogP contribution is -2.25. The van der Waals surface area contributed by atoms with Gasteiger partial charge in [0.1, 0.15) is 0 Å². The first-order chi connectivity index (χ1) is 7.74. The molecule has 1 aromatic heterocycles. The summed E-state index contributed by atoms with van der Waals surface area (Å²) in [5.74, 6) is -0.0154. The number of hydrogen-bond donors (Lipinski definition) is 2. The van der Waals surface area contributed by atoms with Crippen LogP contribution in [-0.2, 0) is 4.79 Å². The molecular weight excluding hydrogens is 204 g/mol. The summed E-state index contributed by atoms with van der Waals surface area (Å²) in [5, 5.41) is 10.6. The molecule has 4 heteroatoms. The van der Waals surface area contributed by atoms with Crippen LogP contribution in [0.4, 0.5) is 5.69 Å². The molecule has 2 aromatic rings. The smallest absolute Gasteiger partial charge is 0.229 e. The van der Waals surface area contributed by atoms with Gasteiger partial charge in [-0.1, -0.05) is 6.07 Å². The van der Waals surface area contributed by atoms with Gasteiger partial charge in [-0.15, -0.1) is 0 Å². The minimum atomic E-state index is -0.535. The SMILES string of the molecule is O=C1CC(O)CN1c1ccc2cc[nH]c2c1. The van der Waals surface area contributed by atoms with E-state index in [9.17, 15) is 9.90 Å². The van der Waals surface area contributed by atoms with Crippen LogP contribution >= 0.6 is 0 Å². The van der Waals surface area contributed by atoms with E-state index in [1.165, 1.54) is 0 Å². The number of benzene rings is 1. The number of aliphatic hydroxyl groups excluding tert-OH is 1. The Bertz CT molecular complexity index is 547. The van der Waals surface area contributed by atoms with Crippen LogP contribution in [0, 0.1) is 0 Å². The molecule has 1 aromatic carbocycles. The number of amides is 1. The van der Waals surface area contributed by atoms with Crippen LogP contribution in [0.1, 0.15) is 6.42 Å². The Balaban J connectivity index is 2.02. The molecule has 1 atom stereocenters. The number of β-amino-alcohol motifs (C(OH)–C–C–N with tert-alkyl or cyclic N) is 1. The molecule has 82 valence electrons. The first kappa shape index (κ1) is 9.42. The number of H-pyrrole nitrogens is 1. The number of aromatic amines is 1. The van der Waals surface area contributed by atoms with E-state index in [-0.39, 0.29) is 12.3 Å². The standard InChI is InChI=1S/C12H12N2O2/c15-10-6-12(16)14(7-10)9-2-1-8-3-4-13-11(8)5-9/h1-5,10,13,15H,6-7H2. The summed E-state index contributed by atoms with van der Waals surface area (Å²) in [6.45, 7) is 0.394. The van der Waals surface area contributed by atoms with E-state index >= 15 is 0 Å². The monoisotopic (exact) mass is 216 g/mol. The molecule has 4 nitrogen and oxygen atoms in total. The van der Waals surface area contributed by atoms with E-state index in [4.69, 9.17) is 0 Å². The first-order valence-corrected chi connectivity index (χ1v) is 5.29. The van der Waals surface area contributed by atoms with Gasteiger partial charge in [-0.05, 0) is 23.6 Å². The van der Waals surface area contributed by atoms with Gasteiger partial charge in [0.15, 0.2) is 0 Å². The van der Waals surface area contributed by atoms with Crippen LogP contribution in [0.3, 0.4) is 0 Å². The van der Waals surface area contributed by atoms with Gasteiger partial charge in [0.05, 0.1) is 19.1 Å². The molecule has 2 N–H and O–H groups in total. The van der Waals surface area contributed by atoms with Gasteiger partial charge in [-0.3, -0.25) is 4.79 Å². The van der Waals surface area contributed by atoms with Crippen LogP contribution in [-0.4, -0.2) is 28.6 Å². The minimum absolute atomic E-state index is 0.0154. The molecule has 1 saturated heterocycles. The van der Waals surface area contributed by atoms with Crippen molar-refractivity contribution in [2.24, 2.45) is 0 Å². The highest BCUT2D eigenvalue weighted by atomic mass is 16.3. The quantitative estimate of drug-likeness (QED) is 0.754. The Morgan fingerprint density at radius 1 is 1.38 bits per heavy atom. The van der Waals surface area contributed by atoms with Crippen molar-refractivity contribution >= 4 is 22.5 Å². The number of rotatable bonds is 1. The zero-order valence-corrected chi connectivity index (χ0v) is 8.68. The van der Waals surface area contributed by atoms with Crippen molar-refractivity contribution in [1.29, 1.82) is 0 Å². The van der Waals surface area contributed by atoms with Gasteiger partial charge in [0, 0.05) is 17.4 Å². The van der Waals surface area contributed by atoms with Gasteiger partial charge in [0.2, 0.25) is 5.91 Å². The average molecular weight is 216 g/mol. The lowest BCUT2D eigenvalue weighted by atomic mass is 10.2. The maximum absolute atomic E-state index is 11.6. The highest BCUT2D eigenvalue weighted by Crippen LogP contribution is 2.25. The summed E-state index contributed by atoms with van der Waals surface area (Å²) in [4.78, 5) is 16.4. The summed E-state index contributed by atoms with van der Waals surface area (Å²) >= 11 is 0. The molecular formula is C12H12N2O2. The van der Waals surface area contributed by atoms with Crippen molar-refractivity contribution in [2.75, 3.05) is 11.4 Å². The highest BCUT2D eigenvalue weighted by Gasteiger charge is 2.28. The molecule has 0 aliphatic carbocycles. The van der Waals surface area contributed by atoms with Crippen molar-refractivity contribution in [3.63, 3.8) is 0 Å². The fourth-order valence-corrected chi connectivity index (χ4v) is 2.14. The van der Waals surface area contributed by atoms with Crippen LogP contribution in [0.2, 0.25) is 0 Å². The number of hydrogen-bond acceptors (Lipinski definition) is 2. The normalized spacial score (nSPS) is 20.9. The third-order valence-electron chi connectivity index (χ3n) is 2.95. The number of carbonyl (C=O) groups excluding carboxylic acids is 1. The molecule has 3 rings (SSSR count). The van der Waals surface area contributed by atoms with E-state index in [0.717, 1.165) is 16.6 Å². The zero-order chi connectivity index (χ0) is 11.1. The molecule has 1 aliphatic rings. The average Bonchev–Trinajstić information content (AvgIpc) is 2.83. The van der Waals surface area contributed by atoms with Crippen LogP contribution < -0.4 is 4.90 Å². The van der Waals surface area contributed by atoms with Crippen molar-refractivity contribution in [3.05, 3.63) is 30.5 Å². The fraction of sp³-hybridized carbons (Fsp3) is 0.250. The number of fused-ring (bicyclic) bond motifs is 1. The van der Waals surface area contributed by atoms with Gasteiger partial charge in [-0.2, -0.15) is 0 Å². The Hall–Kier alpha value is -1.81. The lowest BCUT2D eigenvalue weighted by molar-refractivity contribution is -0.117. The molecule has 1 aliphatic heterocycles. The first-order valence-electron chi connectivity index (χ1n) is 5.29. The predicted molar refractivity (Wildman–Crippen MR) is 61.3 cm³/mol. The summed E-state index contributed by atoms with van der Waals surface area (Å²) in [6.07, 6.45) is 1.56. The molecule has 16 heavy (non-hydrogen) atoms. The third-order valence-corrected chi connectivity index (χ3v) is 2.95. The molecule has 2 heterocycles. The predicted octanol–water partition coefficient (Wildman–Crippen LogP) is 1.27. The highest BCUT2D eigenvalue weighted by molar-refractivity contribution is 5.98. The molecule has 1 fully saturated rings. The van der Waals surface area contributed by atoms with E-state index < -0.39 is 6.10 Å². The molecule has 0 spiro atoms. The number of anilines is 1. The van der Waals surface area contributed by atoms with E-state index in [1.54, 1.807) is 4.90 Å². The number of carbonyl (C=O) groups is 1. The van der Waals surface area contributed by atoms with Crippen LogP contribution in [0.25, 0.3) is 10.9 Å². The maximum atomic E-state index is 11.6. The molecule has 1 unspecified atom stereocenters. The number of nitrogens with zero attached hydrogens (tertiary/aromatic N) is 1. The third kappa shape index (κ3) is 1.39. The molecule has 0 bridgehead atoms. The second-order valence-electron chi connectivity index (χ2n) is 4.11. The van der Waals surface area contributed by atoms with Crippen molar-refractivity contribution in [2.45, 2.75) is 12.5 Å². The molecule has 0 radical (unpaired) electrons. The van der Waals surface area contributed by atoms with Crippen molar-refractivity contribution in [3.8, 4) is 0 Å². The van der Waals surface area contributed by atoms with Crippen LogP contribution in [0.15, 0.2) is 30.5 Å². The lowest BCUT2D eigenvalue weighted by Gasteiger charge is -2.15. The summed E-state index contributed by atoms with van der Waals surface area (Å²) in [7, 11) is 0. The Morgan fingerprint density at radius 2 is 2.25 bits per heavy atom. The summed E-state index contributed by atoms with van der Waals surface area (Å²) in [6, 6.07) is 7.80. The fourth-order valence-electron chi connectivity index (χ4n) is 2.14. The van der Waals surface area contributed by atoms with Gasteiger partial charge in [-0.25, -0.2) is 0 Å². The van der Waals surface area contributed by atoms with Gasteiger partial charge < -0.3 is 15.0 Å². The Kier molecular flexibility index (Phi) is 1.97. The minimum Gasteiger partial charge on any atom is -0.391 e. The Labute approximate surface area is 92.5 Å². The number of nitrogens with one attached hydrogen (secondary N) is 1. The van der Waals surface area contributed by atoms with Crippen LogP contribution in [0.5, 0.6) is 0 Å². The topological polar surface area (TPSA) is 56.3 Å². The zero-order valence-electron chi connectivity index (χ0n) is 8.68. The molecule has 1 amide bonds. The largest absolute Gasteiger partial charge is 0.391 e. The van der Waals surface area contributed by atoms with Gasteiger partial charge >= 0.3 is 0 Å². The summed E-state index contributed by atoms with van der Waals surface area (Å²) in [5.41, 5.74) is 1.85. The molecule has 0 saturated carbocycles. The number of aliphatic hydroxyl groups is 1. The van der Waals surface area contributed by atoms with E-state index in [1.807, 2.05) is 30.5 Å². The van der Waals surface area contributed by atoms with Gasteiger partial charge in [0.25, 0.3) is 0 Å². The van der Waals surface area contributed by atoms with E-state index in [0.29, 0.717) is 6.54 Å². The van der Waals surface area contributed by atoms with E-state index in [2.05, 4.69) is 4.98 Å². The second-order valence-corrected chi connectivity index (χ2v) is 4.11.